The van der Waals surface area contributed by atoms with Crippen molar-refractivity contribution < 1.29 is 0 Å². The van der Waals surface area contributed by atoms with E-state index in [0.717, 1.165) is 5.84 Å². The minimum absolute atomic E-state index is 0.734. The molecule has 0 aromatic heterocycles. The van der Waals surface area contributed by atoms with E-state index in [0.29, 0.717) is 0 Å². The molecule has 0 radical (unpaired) electrons. The molecule has 0 saturated carbocycles. The van der Waals surface area contributed by atoms with Crippen molar-refractivity contribution in [1.82, 2.24) is 0 Å². The summed E-state index contributed by atoms with van der Waals surface area (Å²) in [5, 5.41) is 0. The molecule has 0 fully saturated rings. The van der Waals surface area contributed by atoms with Crippen LogP contribution in [-0.4, -0.2) is 12.1 Å². The lowest BCUT2D eigenvalue weighted by Gasteiger charge is -1.83. The Morgan fingerprint density at radius 3 is 2.70 bits per heavy atom. The van der Waals surface area contributed by atoms with E-state index in [2.05, 4.69) is 16.6 Å². The Kier molecular flexibility index (Phi) is 5.25. The maximum absolute atomic E-state index is 3.97. The molecule has 0 aromatic rings. The van der Waals surface area contributed by atoms with Gasteiger partial charge < -0.3 is 0 Å². The Morgan fingerprint density at radius 2 is 2.20 bits per heavy atom. The second-order valence-corrected chi connectivity index (χ2v) is 1.67. The Bertz CT molecular complexity index is 176. The predicted octanol–water partition coefficient (Wildman–Crippen LogP) is 2.20. The van der Waals surface area contributed by atoms with Crippen molar-refractivity contribution in [3.63, 3.8) is 0 Å². The minimum atomic E-state index is 0.734. The summed E-state index contributed by atoms with van der Waals surface area (Å²) >= 11 is 0. The lowest BCUT2D eigenvalue weighted by Crippen LogP contribution is -1.82. The number of allylic oxidation sites excluding steroid dienone is 2. The van der Waals surface area contributed by atoms with Crippen molar-refractivity contribution in [2.75, 3.05) is 0 Å². The third kappa shape index (κ3) is 4.97. The first-order valence-electron chi connectivity index (χ1n) is 3.12. The zero-order chi connectivity index (χ0) is 7.82. The molecule has 0 amide bonds. The van der Waals surface area contributed by atoms with Gasteiger partial charge in [0, 0.05) is 12.4 Å². The molecule has 0 aliphatic rings. The zero-order valence-electron chi connectivity index (χ0n) is 6.41. The van der Waals surface area contributed by atoms with Gasteiger partial charge in [-0.15, -0.1) is 0 Å². The Morgan fingerprint density at radius 1 is 1.50 bits per heavy atom. The van der Waals surface area contributed by atoms with Gasteiger partial charge in [-0.1, -0.05) is 18.7 Å². The highest BCUT2D eigenvalue weighted by Gasteiger charge is 1.76. The van der Waals surface area contributed by atoms with Gasteiger partial charge in [0.25, 0.3) is 0 Å². The van der Waals surface area contributed by atoms with Crippen LogP contribution in [0.2, 0.25) is 0 Å². The highest BCUT2D eigenvalue weighted by molar-refractivity contribution is 5.90. The molecular formula is C8H12N2. The lowest BCUT2D eigenvalue weighted by atomic mass is 10.6. The van der Waals surface area contributed by atoms with Gasteiger partial charge in [0.15, 0.2) is 0 Å². The Hall–Kier alpha value is -1.18. The van der Waals surface area contributed by atoms with Gasteiger partial charge in [0.2, 0.25) is 0 Å². The third-order valence-corrected chi connectivity index (χ3v) is 0.777. The van der Waals surface area contributed by atoms with Crippen LogP contribution >= 0.6 is 0 Å². The molecular weight excluding hydrogens is 124 g/mol. The van der Waals surface area contributed by atoms with Crippen LogP contribution < -0.4 is 0 Å². The van der Waals surface area contributed by atoms with Crippen molar-refractivity contribution in [3.05, 3.63) is 24.9 Å². The van der Waals surface area contributed by atoms with Crippen molar-refractivity contribution in [1.29, 1.82) is 0 Å². The maximum Gasteiger partial charge on any atom is 0.125 e. The SMILES string of the molecule is C=CC=NC(C)=NC=CC. The van der Waals surface area contributed by atoms with Crippen LogP contribution in [0.4, 0.5) is 0 Å². The summed E-state index contributed by atoms with van der Waals surface area (Å²) in [6.45, 7) is 7.23. The van der Waals surface area contributed by atoms with Crippen molar-refractivity contribution in [2.24, 2.45) is 9.98 Å². The number of hydrogen-bond acceptors (Lipinski definition) is 1. The molecule has 54 valence electrons. The number of amidine groups is 1. The lowest BCUT2D eigenvalue weighted by molar-refractivity contribution is 1.45. The number of hydrogen-bond donors (Lipinski definition) is 0. The topological polar surface area (TPSA) is 24.7 Å². The van der Waals surface area contributed by atoms with Gasteiger partial charge in [-0.05, 0) is 13.8 Å². The minimum Gasteiger partial charge on any atom is -0.242 e. The second-order valence-electron chi connectivity index (χ2n) is 1.67. The first kappa shape index (κ1) is 8.82. The fourth-order valence-electron chi connectivity index (χ4n) is 0.376. The molecule has 0 aliphatic heterocycles. The summed E-state index contributed by atoms with van der Waals surface area (Å²) < 4.78 is 0. The molecule has 0 saturated heterocycles. The first-order chi connectivity index (χ1) is 4.81. The van der Waals surface area contributed by atoms with Crippen LogP contribution in [0.1, 0.15) is 13.8 Å². The smallest absolute Gasteiger partial charge is 0.125 e. The Balaban J connectivity index is 3.93. The van der Waals surface area contributed by atoms with Crippen LogP contribution in [0.3, 0.4) is 0 Å². The van der Waals surface area contributed by atoms with E-state index in [4.69, 9.17) is 0 Å². The van der Waals surface area contributed by atoms with Gasteiger partial charge >= 0.3 is 0 Å². The molecule has 0 atom stereocenters. The number of nitrogens with zero attached hydrogens (tertiary/aromatic N) is 2. The van der Waals surface area contributed by atoms with Gasteiger partial charge in [-0.2, -0.15) is 0 Å². The van der Waals surface area contributed by atoms with Crippen molar-refractivity contribution in [3.8, 4) is 0 Å². The van der Waals surface area contributed by atoms with Gasteiger partial charge in [-0.25, -0.2) is 9.98 Å². The van der Waals surface area contributed by atoms with E-state index in [1.165, 1.54) is 0 Å². The molecule has 2 nitrogen and oxygen atoms in total. The molecule has 0 aliphatic carbocycles. The van der Waals surface area contributed by atoms with Crippen LogP contribution in [0.5, 0.6) is 0 Å². The molecule has 2 heteroatoms. The van der Waals surface area contributed by atoms with E-state index < -0.39 is 0 Å². The Labute approximate surface area is 61.7 Å². The average Bonchev–Trinajstić information content (AvgIpc) is 1.97. The molecule has 0 heterocycles. The predicted molar refractivity (Wildman–Crippen MR) is 46.6 cm³/mol. The maximum atomic E-state index is 3.97. The van der Waals surface area contributed by atoms with Gasteiger partial charge in [0.1, 0.15) is 5.84 Å². The molecule has 10 heavy (non-hydrogen) atoms. The van der Waals surface area contributed by atoms with E-state index in [1.54, 1.807) is 18.5 Å². The average molecular weight is 136 g/mol. The molecule has 0 N–H and O–H groups in total. The largest absolute Gasteiger partial charge is 0.242 e. The van der Waals surface area contributed by atoms with Crippen molar-refractivity contribution in [2.45, 2.75) is 13.8 Å². The fraction of sp³-hybridized carbons (Fsp3) is 0.250. The second kappa shape index (κ2) is 5.95. The highest BCUT2D eigenvalue weighted by atomic mass is 14.9. The summed E-state index contributed by atoms with van der Waals surface area (Å²) in [6.07, 6.45) is 6.79. The number of aliphatic imine (C=N–C) groups is 2. The molecule has 0 spiro atoms. The highest BCUT2D eigenvalue weighted by Crippen LogP contribution is 1.80. The summed E-state index contributed by atoms with van der Waals surface area (Å²) in [7, 11) is 0. The van der Waals surface area contributed by atoms with Crippen LogP contribution in [0.25, 0.3) is 0 Å². The molecule has 0 bridgehead atoms. The molecule has 0 rings (SSSR count). The normalized spacial score (nSPS) is 13.2. The summed E-state index contributed by atoms with van der Waals surface area (Å²) in [5.41, 5.74) is 0. The zero-order valence-corrected chi connectivity index (χ0v) is 6.41. The van der Waals surface area contributed by atoms with E-state index >= 15 is 0 Å². The monoisotopic (exact) mass is 136 g/mol. The van der Waals surface area contributed by atoms with E-state index in [9.17, 15) is 0 Å². The fourth-order valence-corrected chi connectivity index (χ4v) is 0.376. The van der Waals surface area contributed by atoms with Crippen LogP contribution in [0, 0.1) is 0 Å². The molecule has 0 aromatic carbocycles. The molecule has 0 unspecified atom stereocenters. The van der Waals surface area contributed by atoms with Crippen molar-refractivity contribution >= 4 is 12.1 Å². The third-order valence-electron chi connectivity index (χ3n) is 0.777. The quantitative estimate of drug-likeness (QED) is 0.410. The summed E-state index contributed by atoms with van der Waals surface area (Å²) in [6, 6.07) is 0. The van der Waals surface area contributed by atoms with E-state index in [-0.39, 0.29) is 0 Å². The van der Waals surface area contributed by atoms with Gasteiger partial charge in [0.05, 0.1) is 0 Å². The van der Waals surface area contributed by atoms with Crippen LogP contribution in [-0.2, 0) is 0 Å². The summed E-state index contributed by atoms with van der Waals surface area (Å²) in [5.74, 6) is 0.734. The summed E-state index contributed by atoms with van der Waals surface area (Å²) in [4.78, 5) is 7.91. The first-order valence-corrected chi connectivity index (χ1v) is 3.12. The standard InChI is InChI=1S/C8H12N2/c1-4-6-9-8(3)10-7-5-2/h4-7H,1H2,2-3H3. The van der Waals surface area contributed by atoms with Gasteiger partial charge in [-0.3, -0.25) is 0 Å². The van der Waals surface area contributed by atoms with Crippen LogP contribution in [0.15, 0.2) is 34.9 Å². The number of rotatable bonds is 2. The van der Waals surface area contributed by atoms with E-state index in [1.807, 2.05) is 19.9 Å².